The summed E-state index contributed by atoms with van der Waals surface area (Å²) in [6.45, 7) is 3.87. The van der Waals surface area contributed by atoms with E-state index in [4.69, 9.17) is 5.73 Å². The van der Waals surface area contributed by atoms with Crippen LogP contribution >= 0.6 is 0 Å². The lowest BCUT2D eigenvalue weighted by Gasteiger charge is -2.16. The molecule has 4 heteroatoms. The Bertz CT molecular complexity index is 352. The van der Waals surface area contributed by atoms with E-state index < -0.39 is 5.60 Å². The van der Waals surface area contributed by atoms with Crippen molar-refractivity contribution in [3.63, 3.8) is 0 Å². The van der Waals surface area contributed by atoms with Crippen LogP contribution < -0.4 is 11.1 Å². The third kappa shape index (κ3) is 4.31. The van der Waals surface area contributed by atoms with E-state index in [9.17, 15) is 9.90 Å². The monoisotopic (exact) mass is 222 g/mol. The van der Waals surface area contributed by atoms with Gasteiger partial charge < -0.3 is 16.2 Å². The first-order valence-electron chi connectivity index (χ1n) is 5.24. The maximum atomic E-state index is 11.6. The largest absolute Gasteiger partial charge is 0.399 e. The molecule has 0 saturated carbocycles. The van der Waals surface area contributed by atoms with Gasteiger partial charge in [0.2, 0.25) is 0 Å². The molecule has 0 unspecified atom stereocenters. The maximum Gasteiger partial charge on any atom is 0.251 e. The number of aliphatic hydroxyl groups is 1. The molecule has 0 radical (unpaired) electrons. The Balaban J connectivity index is 2.44. The summed E-state index contributed by atoms with van der Waals surface area (Å²) in [5.74, 6) is -0.149. The van der Waals surface area contributed by atoms with Crippen LogP contribution in [-0.4, -0.2) is 23.2 Å². The number of nitrogens with two attached hydrogens (primary N) is 1. The standard InChI is InChI=1S/C12H18N2O2/c1-12(2,16)7-8-14-11(15)9-3-5-10(13)6-4-9/h3-6,16H,7-8,13H2,1-2H3,(H,14,15). The molecule has 0 heterocycles. The third-order valence-corrected chi connectivity index (χ3v) is 2.20. The molecule has 1 amide bonds. The molecule has 0 bridgehead atoms. The van der Waals surface area contributed by atoms with Gasteiger partial charge in [-0.3, -0.25) is 4.79 Å². The Labute approximate surface area is 95.5 Å². The zero-order chi connectivity index (χ0) is 12.2. The summed E-state index contributed by atoms with van der Waals surface area (Å²) >= 11 is 0. The van der Waals surface area contributed by atoms with Crippen LogP contribution in [0.5, 0.6) is 0 Å². The minimum absolute atomic E-state index is 0.149. The summed E-state index contributed by atoms with van der Waals surface area (Å²) in [5.41, 5.74) is 5.97. The summed E-state index contributed by atoms with van der Waals surface area (Å²) in [5, 5.41) is 12.2. The molecule has 0 spiro atoms. The quantitative estimate of drug-likeness (QED) is 0.669. The lowest BCUT2D eigenvalue weighted by atomic mass is 10.1. The van der Waals surface area contributed by atoms with Crippen LogP contribution in [0.4, 0.5) is 5.69 Å². The van der Waals surface area contributed by atoms with Gasteiger partial charge in [0, 0.05) is 17.8 Å². The van der Waals surface area contributed by atoms with Gasteiger partial charge in [0.25, 0.3) is 5.91 Å². The van der Waals surface area contributed by atoms with Crippen molar-refractivity contribution in [2.45, 2.75) is 25.9 Å². The molecule has 4 N–H and O–H groups in total. The Morgan fingerprint density at radius 2 is 1.94 bits per heavy atom. The average molecular weight is 222 g/mol. The van der Waals surface area contributed by atoms with Crippen LogP contribution in [0.1, 0.15) is 30.6 Å². The topological polar surface area (TPSA) is 75.3 Å². The van der Waals surface area contributed by atoms with Crippen molar-refractivity contribution in [2.75, 3.05) is 12.3 Å². The highest BCUT2D eigenvalue weighted by molar-refractivity contribution is 5.94. The molecule has 0 fully saturated rings. The van der Waals surface area contributed by atoms with Crippen molar-refractivity contribution in [2.24, 2.45) is 0 Å². The lowest BCUT2D eigenvalue weighted by molar-refractivity contribution is 0.0693. The van der Waals surface area contributed by atoms with Crippen LogP contribution in [-0.2, 0) is 0 Å². The maximum absolute atomic E-state index is 11.6. The molecule has 0 atom stereocenters. The second kappa shape index (κ2) is 4.99. The summed E-state index contributed by atoms with van der Waals surface area (Å²) in [4.78, 5) is 11.6. The van der Waals surface area contributed by atoms with E-state index in [0.717, 1.165) is 0 Å². The fraction of sp³-hybridized carbons (Fsp3) is 0.417. The van der Waals surface area contributed by atoms with Gasteiger partial charge in [-0.1, -0.05) is 0 Å². The molecular formula is C12H18N2O2. The van der Waals surface area contributed by atoms with Gasteiger partial charge >= 0.3 is 0 Å². The number of hydrogen-bond donors (Lipinski definition) is 3. The molecule has 1 aromatic carbocycles. The first-order valence-corrected chi connectivity index (χ1v) is 5.24. The first-order chi connectivity index (χ1) is 7.38. The van der Waals surface area contributed by atoms with Gasteiger partial charge in [0.1, 0.15) is 0 Å². The van der Waals surface area contributed by atoms with E-state index in [1.807, 2.05) is 0 Å². The van der Waals surface area contributed by atoms with E-state index in [0.29, 0.717) is 24.2 Å². The van der Waals surface area contributed by atoms with E-state index in [-0.39, 0.29) is 5.91 Å². The summed E-state index contributed by atoms with van der Waals surface area (Å²) in [6.07, 6.45) is 0.522. The van der Waals surface area contributed by atoms with Crippen molar-refractivity contribution in [3.05, 3.63) is 29.8 Å². The number of benzene rings is 1. The number of anilines is 1. The van der Waals surface area contributed by atoms with Crippen LogP contribution in [0.3, 0.4) is 0 Å². The highest BCUT2D eigenvalue weighted by Crippen LogP contribution is 2.07. The van der Waals surface area contributed by atoms with Gasteiger partial charge in [-0.2, -0.15) is 0 Å². The molecule has 4 nitrogen and oxygen atoms in total. The number of carbonyl (C=O) groups excluding carboxylic acids is 1. The van der Waals surface area contributed by atoms with Gasteiger partial charge in [-0.05, 0) is 44.5 Å². The summed E-state index contributed by atoms with van der Waals surface area (Å²) in [7, 11) is 0. The molecule has 0 aromatic heterocycles. The van der Waals surface area contributed by atoms with E-state index in [1.165, 1.54) is 0 Å². The van der Waals surface area contributed by atoms with E-state index in [2.05, 4.69) is 5.32 Å². The van der Waals surface area contributed by atoms with Gasteiger partial charge in [-0.15, -0.1) is 0 Å². The highest BCUT2D eigenvalue weighted by Gasteiger charge is 2.12. The Kier molecular flexibility index (Phi) is 3.90. The minimum Gasteiger partial charge on any atom is -0.399 e. The second-order valence-corrected chi connectivity index (χ2v) is 4.44. The molecule has 16 heavy (non-hydrogen) atoms. The summed E-state index contributed by atoms with van der Waals surface area (Å²) in [6, 6.07) is 6.72. The molecular weight excluding hydrogens is 204 g/mol. The third-order valence-electron chi connectivity index (χ3n) is 2.20. The van der Waals surface area contributed by atoms with Gasteiger partial charge in [0.05, 0.1) is 5.60 Å². The highest BCUT2D eigenvalue weighted by atomic mass is 16.3. The number of hydrogen-bond acceptors (Lipinski definition) is 3. The van der Waals surface area contributed by atoms with Crippen LogP contribution in [0.25, 0.3) is 0 Å². The van der Waals surface area contributed by atoms with Crippen molar-refractivity contribution in [3.8, 4) is 0 Å². The van der Waals surface area contributed by atoms with Crippen LogP contribution in [0, 0.1) is 0 Å². The fourth-order valence-corrected chi connectivity index (χ4v) is 1.22. The van der Waals surface area contributed by atoms with E-state index >= 15 is 0 Å². The van der Waals surface area contributed by atoms with Gasteiger partial charge in [0.15, 0.2) is 0 Å². The lowest BCUT2D eigenvalue weighted by Crippen LogP contribution is -2.30. The molecule has 1 rings (SSSR count). The zero-order valence-electron chi connectivity index (χ0n) is 9.66. The smallest absolute Gasteiger partial charge is 0.251 e. The van der Waals surface area contributed by atoms with Crippen molar-refractivity contribution in [1.82, 2.24) is 5.32 Å². The Morgan fingerprint density at radius 3 is 2.44 bits per heavy atom. The first kappa shape index (κ1) is 12.5. The number of nitrogens with one attached hydrogen (secondary N) is 1. The molecule has 0 aliphatic carbocycles. The molecule has 1 aromatic rings. The predicted octanol–water partition coefficient (Wildman–Crippen LogP) is 1.16. The minimum atomic E-state index is -0.756. The van der Waals surface area contributed by atoms with Gasteiger partial charge in [-0.25, -0.2) is 0 Å². The number of rotatable bonds is 4. The van der Waals surface area contributed by atoms with Crippen molar-refractivity contribution < 1.29 is 9.90 Å². The Morgan fingerprint density at radius 1 is 1.38 bits per heavy atom. The van der Waals surface area contributed by atoms with Crippen LogP contribution in [0.15, 0.2) is 24.3 Å². The molecule has 0 saturated heterocycles. The number of amides is 1. The normalized spacial score (nSPS) is 11.2. The number of carbonyl (C=O) groups is 1. The van der Waals surface area contributed by atoms with Crippen molar-refractivity contribution >= 4 is 11.6 Å². The fourth-order valence-electron chi connectivity index (χ4n) is 1.22. The molecule has 88 valence electrons. The summed E-state index contributed by atoms with van der Waals surface area (Å²) < 4.78 is 0. The average Bonchev–Trinajstić information content (AvgIpc) is 2.16. The Hall–Kier alpha value is -1.55. The predicted molar refractivity (Wildman–Crippen MR) is 64.1 cm³/mol. The molecule has 0 aliphatic rings. The SMILES string of the molecule is CC(C)(O)CCNC(=O)c1ccc(N)cc1. The van der Waals surface area contributed by atoms with E-state index in [1.54, 1.807) is 38.1 Å². The number of nitrogen functional groups attached to an aromatic ring is 1. The van der Waals surface area contributed by atoms with Crippen LogP contribution in [0.2, 0.25) is 0 Å². The molecule has 0 aliphatic heterocycles. The second-order valence-electron chi connectivity index (χ2n) is 4.44. The zero-order valence-corrected chi connectivity index (χ0v) is 9.66. The van der Waals surface area contributed by atoms with Crippen molar-refractivity contribution in [1.29, 1.82) is 0 Å².